The quantitative estimate of drug-likeness (QED) is 0.390. The molecule has 0 spiro atoms. The number of aliphatic carboxylic acids is 1. The number of carbonyl (C=O) groups is 3. The van der Waals surface area contributed by atoms with E-state index in [1.165, 1.54) is 0 Å². The molecular weight excluding hydrogens is 224 g/mol. The van der Waals surface area contributed by atoms with E-state index in [-0.39, 0.29) is 0 Å². The van der Waals surface area contributed by atoms with Crippen LogP contribution in [0.2, 0.25) is 0 Å². The van der Waals surface area contributed by atoms with E-state index in [0.29, 0.717) is 11.8 Å². The second kappa shape index (κ2) is 5.45. The van der Waals surface area contributed by atoms with Gasteiger partial charge in [0, 0.05) is 11.8 Å². The molecule has 1 aromatic rings. The summed E-state index contributed by atoms with van der Waals surface area (Å²) in [6.45, 7) is 0. The molecule has 6 heteroatoms. The van der Waals surface area contributed by atoms with Gasteiger partial charge >= 0.3 is 5.97 Å². The van der Waals surface area contributed by atoms with Crippen molar-refractivity contribution in [3.05, 3.63) is 42.0 Å². The maximum absolute atomic E-state index is 11.5. The van der Waals surface area contributed by atoms with Gasteiger partial charge in [0.05, 0.1) is 0 Å². The normalized spacial score (nSPS) is 10.7. The number of carboxylic acid groups (broad SMARTS) is 1. The van der Waals surface area contributed by atoms with Gasteiger partial charge in [-0.25, -0.2) is 4.79 Å². The lowest BCUT2D eigenvalue weighted by Gasteiger charge is -2.04. The Labute approximate surface area is 96.7 Å². The minimum Gasteiger partial charge on any atom is -0.477 e. The van der Waals surface area contributed by atoms with E-state index in [4.69, 9.17) is 10.8 Å². The van der Waals surface area contributed by atoms with Gasteiger partial charge in [-0.15, -0.1) is 0 Å². The van der Waals surface area contributed by atoms with Crippen LogP contribution < -0.4 is 11.1 Å². The topological polar surface area (TPSA) is 109 Å². The van der Waals surface area contributed by atoms with Crippen LogP contribution in [0.1, 0.15) is 0 Å². The average molecular weight is 234 g/mol. The first-order valence-corrected chi connectivity index (χ1v) is 4.61. The highest BCUT2D eigenvalue weighted by atomic mass is 16.4. The van der Waals surface area contributed by atoms with Gasteiger partial charge < -0.3 is 16.2 Å². The minimum atomic E-state index is -1.52. The van der Waals surface area contributed by atoms with Gasteiger partial charge in [-0.1, -0.05) is 18.2 Å². The van der Waals surface area contributed by atoms with Gasteiger partial charge in [-0.3, -0.25) is 9.59 Å². The van der Waals surface area contributed by atoms with Crippen LogP contribution in [-0.4, -0.2) is 22.9 Å². The lowest BCUT2D eigenvalue weighted by Crippen LogP contribution is -2.22. The highest BCUT2D eigenvalue weighted by molar-refractivity contribution is 6.23. The monoisotopic (exact) mass is 234 g/mol. The molecule has 0 saturated carbocycles. The van der Waals surface area contributed by atoms with Gasteiger partial charge in [0.1, 0.15) is 5.57 Å². The van der Waals surface area contributed by atoms with Gasteiger partial charge in [-0.05, 0) is 12.1 Å². The Morgan fingerprint density at radius 1 is 1.18 bits per heavy atom. The van der Waals surface area contributed by atoms with Crippen molar-refractivity contribution in [3.8, 4) is 0 Å². The standard InChI is InChI=1S/C11H10N2O4/c12-9(14)6-8(11(16)17)10(15)13-7-4-2-1-3-5-7/h1-6H,(H2,12,14)(H,13,15)(H,16,17). The van der Waals surface area contributed by atoms with Crippen LogP contribution in [0.25, 0.3) is 0 Å². The molecule has 0 saturated heterocycles. The number of hydrogen-bond donors (Lipinski definition) is 3. The highest BCUT2D eigenvalue weighted by Crippen LogP contribution is 2.07. The fraction of sp³-hybridized carbons (Fsp3) is 0. The van der Waals surface area contributed by atoms with E-state index in [2.05, 4.69) is 5.32 Å². The molecular formula is C11H10N2O4. The van der Waals surface area contributed by atoms with Crippen molar-refractivity contribution in [1.82, 2.24) is 0 Å². The van der Waals surface area contributed by atoms with Gasteiger partial charge in [0.25, 0.3) is 5.91 Å². The molecule has 88 valence electrons. The first-order chi connectivity index (χ1) is 8.00. The number of carbonyl (C=O) groups excluding carboxylic acids is 2. The molecule has 4 N–H and O–H groups in total. The van der Waals surface area contributed by atoms with Crippen LogP contribution in [0.5, 0.6) is 0 Å². The average Bonchev–Trinajstić information content (AvgIpc) is 2.26. The summed E-state index contributed by atoms with van der Waals surface area (Å²) in [4.78, 5) is 32.8. The van der Waals surface area contributed by atoms with Crippen molar-refractivity contribution in [3.63, 3.8) is 0 Å². The van der Waals surface area contributed by atoms with Crippen molar-refractivity contribution in [2.24, 2.45) is 5.73 Å². The number of para-hydroxylation sites is 1. The Kier molecular flexibility index (Phi) is 3.99. The van der Waals surface area contributed by atoms with Gasteiger partial charge in [-0.2, -0.15) is 0 Å². The molecule has 0 heterocycles. The van der Waals surface area contributed by atoms with Crippen LogP contribution >= 0.6 is 0 Å². The summed E-state index contributed by atoms with van der Waals surface area (Å²) in [7, 11) is 0. The maximum Gasteiger partial charge on any atom is 0.341 e. The summed E-state index contributed by atoms with van der Waals surface area (Å²) >= 11 is 0. The van der Waals surface area contributed by atoms with Crippen LogP contribution in [0, 0.1) is 0 Å². The van der Waals surface area contributed by atoms with E-state index in [1.54, 1.807) is 30.3 Å². The number of benzene rings is 1. The third kappa shape index (κ3) is 3.78. The van der Waals surface area contributed by atoms with Crippen LogP contribution in [0.3, 0.4) is 0 Å². The third-order valence-corrected chi connectivity index (χ3v) is 1.79. The van der Waals surface area contributed by atoms with E-state index >= 15 is 0 Å². The van der Waals surface area contributed by atoms with Crippen LogP contribution in [-0.2, 0) is 14.4 Å². The first-order valence-electron chi connectivity index (χ1n) is 4.61. The predicted molar refractivity (Wildman–Crippen MR) is 60.0 cm³/mol. The molecule has 0 atom stereocenters. The highest BCUT2D eigenvalue weighted by Gasteiger charge is 2.18. The number of nitrogens with one attached hydrogen (secondary N) is 1. The Bertz CT molecular complexity index is 480. The molecule has 0 fully saturated rings. The lowest BCUT2D eigenvalue weighted by molar-refractivity contribution is -0.134. The number of carboxylic acids is 1. The van der Waals surface area contributed by atoms with Crippen LogP contribution in [0.15, 0.2) is 42.0 Å². The van der Waals surface area contributed by atoms with E-state index in [1.807, 2.05) is 0 Å². The molecule has 2 amide bonds. The summed E-state index contributed by atoms with van der Waals surface area (Å²) < 4.78 is 0. The maximum atomic E-state index is 11.5. The number of amides is 2. The Balaban J connectivity index is 2.88. The molecule has 1 rings (SSSR count). The van der Waals surface area contributed by atoms with Crippen molar-refractivity contribution < 1.29 is 19.5 Å². The summed E-state index contributed by atoms with van der Waals surface area (Å²) in [6.07, 6.45) is 0.570. The number of nitrogens with two attached hydrogens (primary N) is 1. The fourth-order valence-corrected chi connectivity index (χ4v) is 1.09. The molecule has 0 aromatic heterocycles. The van der Waals surface area contributed by atoms with Gasteiger partial charge in [0.2, 0.25) is 5.91 Å². The number of hydrogen-bond acceptors (Lipinski definition) is 3. The Morgan fingerprint density at radius 2 is 1.76 bits per heavy atom. The second-order valence-electron chi connectivity index (χ2n) is 3.09. The summed E-state index contributed by atoms with van der Waals surface area (Å²) in [5, 5.41) is 11.1. The lowest BCUT2D eigenvalue weighted by atomic mass is 10.2. The first kappa shape index (κ1) is 12.4. The predicted octanol–water partition coefficient (Wildman–Crippen LogP) is 0.121. The Hall–Kier alpha value is -2.63. The minimum absolute atomic E-state index is 0.425. The largest absolute Gasteiger partial charge is 0.477 e. The molecule has 0 aliphatic rings. The summed E-state index contributed by atoms with van der Waals surface area (Å²) in [6, 6.07) is 8.26. The second-order valence-corrected chi connectivity index (χ2v) is 3.09. The van der Waals surface area contributed by atoms with E-state index < -0.39 is 23.4 Å². The zero-order chi connectivity index (χ0) is 12.8. The third-order valence-electron chi connectivity index (χ3n) is 1.79. The molecule has 0 radical (unpaired) electrons. The van der Waals surface area contributed by atoms with E-state index in [0.717, 1.165) is 0 Å². The molecule has 1 aromatic carbocycles. The summed E-state index contributed by atoms with van der Waals surface area (Å²) in [5.41, 5.74) is 4.52. The Morgan fingerprint density at radius 3 is 2.24 bits per heavy atom. The van der Waals surface area contributed by atoms with Crippen LogP contribution in [0.4, 0.5) is 5.69 Å². The number of anilines is 1. The zero-order valence-corrected chi connectivity index (χ0v) is 8.71. The fourth-order valence-electron chi connectivity index (χ4n) is 1.09. The molecule has 17 heavy (non-hydrogen) atoms. The molecule has 0 bridgehead atoms. The van der Waals surface area contributed by atoms with Crippen molar-refractivity contribution in [2.45, 2.75) is 0 Å². The van der Waals surface area contributed by atoms with Crippen molar-refractivity contribution in [1.29, 1.82) is 0 Å². The number of rotatable bonds is 4. The van der Waals surface area contributed by atoms with Crippen molar-refractivity contribution >= 4 is 23.5 Å². The number of primary amides is 1. The van der Waals surface area contributed by atoms with E-state index in [9.17, 15) is 14.4 Å². The zero-order valence-electron chi connectivity index (χ0n) is 8.71. The van der Waals surface area contributed by atoms with Crippen molar-refractivity contribution in [2.75, 3.05) is 5.32 Å². The smallest absolute Gasteiger partial charge is 0.341 e. The SMILES string of the molecule is NC(=O)C=C(C(=O)O)C(=O)Nc1ccccc1. The molecule has 0 aliphatic heterocycles. The molecule has 6 nitrogen and oxygen atoms in total. The molecule has 0 aliphatic carbocycles. The molecule has 0 unspecified atom stereocenters. The van der Waals surface area contributed by atoms with Gasteiger partial charge in [0.15, 0.2) is 0 Å². The summed E-state index contributed by atoms with van der Waals surface area (Å²) in [5.74, 6) is -3.41.